The van der Waals surface area contributed by atoms with Crippen LogP contribution < -0.4 is 10.1 Å². The van der Waals surface area contributed by atoms with Crippen LogP contribution in [0.5, 0.6) is 5.75 Å². The minimum atomic E-state index is -0.979. The molecule has 0 heterocycles. The van der Waals surface area contributed by atoms with Crippen LogP contribution in [0.4, 0.5) is 4.79 Å². The molecule has 1 amide bonds. The first-order chi connectivity index (χ1) is 16.1. The fourth-order valence-electron chi connectivity index (χ4n) is 5.16. The smallest absolute Gasteiger partial charge is 0.407 e. The minimum absolute atomic E-state index is 0.0465. The van der Waals surface area contributed by atoms with Gasteiger partial charge in [0.25, 0.3) is 0 Å². The van der Waals surface area contributed by atoms with Gasteiger partial charge in [-0.2, -0.15) is 0 Å². The van der Waals surface area contributed by atoms with Crippen LogP contribution in [0, 0.1) is 0 Å². The van der Waals surface area contributed by atoms with Gasteiger partial charge in [0.2, 0.25) is 0 Å². The normalized spacial score (nSPS) is 18.6. The molecule has 6 heteroatoms. The molecule has 0 saturated heterocycles. The van der Waals surface area contributed by atoms with Gasteiger partial charge in [0.1, 0.15) is 18.3 Å². The number of carboxylic acid groups (broad SMARTS) is 1. The van der Waals surface area contributed by atoms with Crippen LogP contribution in [-0.4, -0.2) is 36.9 Å². The Morgan fingerprint density at radius 1 is 0.970 bits per heavy atom. The van der Waals surface area contributed by atoms with E-state index in [-0.39, 0.29) is 12.5 Å². The number of amides is 1. The first-order valence-corrected chi connectivity index (χ1v) is 11.1. The first kappa shape index (κ1) is 21.1. The fraction of sp³-hybridized carbons (Fsp3) is 0.259. The molecule has 0 fully saturated rings. The molecule has 0 spiro atoms. The molecular formula is C27H25NO5. The maximum atomic E-state index is 12.7. The van der Waals surface area contributed by atoms with Gasteiger partial charge in [0.05, 0.1) is 7.11 Å². The molecule has 0 saturated carbocycles. The lowest BCUT2D eigenvalue weighted by Crippen LogP contribution is -2.45. The summed E-state index contributed by atoms with van der Waals surface area (Å²) in [7, 11) is 1.55. The summed E-state index contributed by atoms with van der Waals surface area (Å²) in [6, 6.07) is 21.2. The van der Waals surface area contributed by atoms with Gasteiger partial charge in [-0.1, -0.05) is 54.6 Å². The second kappa shape index (κ2) is 8.62. The van der Waals surface area contributed by atoms with Gasteiger partial charge in [-0.25, -0.2) is 4.79 Å². The van der Waals surface area contributed by atoms with Crippen LogP contribution in [0.3, 0.4) is 0 Å². The van der Waals surface area contributed by atoms with E-state index in [9.17, 15) is 14.7 Å². The summed E-state index contributed by atoms with van der Waals surface area (Å²) in [6.07, 6.45) is 0.609. The zero-order chi connectivity index (χ0) is 22.9. The van der Waals surface area contributed by atoms with Crippen molar-refractivity contribution in [3.05, 3.63) is 89.0 Å². The van der Waals surface area contributed by atoms with Crippen LogP contribution in [0.15, 0.2) is 66.7 Å². The predicted molar refractivity (Wildman–Crippen MR) is 124 cm³/mol. The van der Waals surface area contributed by atoms with Crippen molar-refractivity contribution in [1.29, 1.82) is 0 Å². The topological polar surface area (TPSA) is 84.9 Å². The molecule has 3 aromatic rings. The molecule has 2 aliphatic carbocycles. The molecule has 2 aliphatic rings. The van der Waals surface area contributed by atoms with Gasteiger partial charge >= 0.3 is 12.1 Å². The van der Waals surface area contributed by atoms with Crippen molar-refractivity contribution in [1.82, 2.24) is 5.32 Å². The van der Waals surface area contributed by atoms with Gasteiger partial charge in [-0.15, -0.1) is 0 Å². The van der Waals surface area contributed by atoms with Crippen LogP contribution in [-0.2, 0) is 16.0 Å². The van der Waals surface area contributed by atoms with Crippen molar-refractivity contribution in [3.8, 4) is 16.9 Å². The summed E-state index contributed by atoms with van der Waals surface area (Å²) in [5, 5.41) is 12.7. The van der Waals surface area contributed by atoms with Crippen LogP contribution in [0.1, 0.15) is 40.5 Å². The average Bonchev–Trinajstić information content (AvgIpc) is 3.15. The highest BCUT2D eigenvalue weighted by Gasteiger charge is 2.37. The van der Waals surface area contributed by atoms with Crippen molar-refractivity contribution in [2.45, 2.75) is 30.7 Å². The number of aliphatic carboxylic acids is 1. The highest BCUT2D eigenvalue weighted by molar-refractivity contribution is 5.81. The van der Waals surface area contributed by atoms with Crippen molar-refractivity contribution >= 4 is 12.1 Å². The Balaban J connectivity index is 1.31. The van der Waals surface area contributed by atoms with E-state index < -0.39 is 24.0 Å². The number of carbonyl (C=O) groups excluding carboxylic acids is 1. The van der Waals surface area contributed by atoms with Crippen LogP contribution in [0.25, 0.3) is 11.1 Å². The molecule has 0 unspecified atom stereocenters. The molecule has 0 aliphatic heterocycles. The van der Waals surface area contributed by atoms with E-state index in [0.29, 0.717) is 24.2 Å². The largest absolute Gasteiger partial charge is 0.497 e. The minimum Gasteiger partial charge on any atom is -0.497 e. The van der Waals surface area contributed by atoms with Crippen molar-refractivity contribution in [2.24, 2.45) is 0 Å². The van der Waals surface area contributed by atoms with Gasteiger partial charge in [-0.05, 0) is 58.4 Å². The second-order valence-electron chi connectivity index (χ2n) is 8.50. The number of alkyl carbamates (subject to hydrolysis) is 1. The Labute approximate surface area is 192 Å². The highest BCUT2D eigenvalue weighted by atomic mass is 16.5. The van der Waals surface area contributed by atoms with E-state index in [2.05, 4.69) is 29.6 Å². The van der Waals surface area contributed by atoms with Crippen molar-refractivity contribution in [2.75, 3.05) is 13.7 Å². The third-order valence-corrected chi connectivity index (χ3v) is 6.73. The van der Waals surface area contributed by atoms with Crippen molar-refractivity contribution < 1.29 is 24.2 Å². The van der Waals surface area contributed by atoms with Gasteiger partial charge in [-0.3, -0.25) is 4.79 Å². The second-order valence-corrected chi connectivity index (χ2v) is 8.50. The Morgan fingerprint density at radius 2 is 1.64 bits per heavy atom. The average molecular weight is 443 g/mol. The Morgan fingerprint density at radius 3 is 2.27 bits per heavy atom. The molecule has 6 nitrogen and oxygen atoms in total. The molecule has 0 radical (unpaired) electrons. The Bertz CT molecular complexity index is 1180. The lowest BCUT2D eigenvalue weighted by Gasteiger charge is -2.31. The summed E-state index contributed by atoms with van der Waals surface area (Å²) < 4.78 is 10.9. The zero-order valence-electron chi connectivity index (χ0n) is 18.3. The number of carbonyl (C=O) groups is 2. The zero-order valence-corrected chi connectivity index (χ0v) is 18.3. The summed E-state index contributed by atoms with van der Waals surface area (Å²) in [5.41, 5.74) is 6.23. The number of aryl methyl sites for hydroxylation is 1. The summed E-state index contributed by atoms with van der Waals surface area (Å²) >= 11 is 0. The number of hydrogen-bond donors (Lipinski definition) is 2. The standard InChI is InChI=1S/C27H25NO5/c1-32-17-12-10-16-11-13-24(25(26(29)30)22(16)14-17)28-27(31)33-15-23-20-8-4-2-6-18(20)19-7-3-5-9-21(19)23/h2-10,12,14,23-25H,11,13,15H2,1H3,(H,28,31)(H,29,30)/t24-,25+/m1/s1. The molecule has 2 N–H and O–H groups in total. The number of rotatable bonds is 5. The molecular weight excluding hydrogens is 418 g/mol. The molecule has 0 bridgehead atoms. The number of benzene rings is 3. The molecule has 33 heavy (non-hydrogen) atoms. The maximum absolute atomic E-state index is 12.7. The fourth-order valence-corrected chi connectivity index (χ4v) is 5.16. The van der Waals surface area contributed by atoms with E-state index in [1.54, 1.807) is 13.2 Å². The molecule has 5 rings (SSSR count). The summed E-state index contributed by atoms with van der Waals surface area (Å²) in [4.78, 5) is 24.9. The number of nitrogens with one attached hydrogen (secondary N) is 1. The predicted octanol–water partition coefficient (Wildman–Crippen LogP) is 4.72. The molecule has 3 aromatic carbocycles. The number of methoxy groups -OCH3 is 1. The van der Waals surface area contributed by atoms with E-state index in [1.807, 2.05) is 36.4 Å². The summed E-state index contributed by atoms with van der Waals surface area (Å²) in [6.45, 7) is 0.189. The van der Waals surface area contributed by atoms with Gasteiger partial charge in [0.15, 0.2) is 0 Å². The van der Waals surface area contributed by atoms with Crippen molar-refractivity contribution in [3.63, 3.8) is 0 Å². The molecule has 2 atom stereocenters. The monoisotopic (exact) mass is 443 g/mol. The first-order valence-electron chi connectivity index (χ1n) is 11.1. The van der Waals surface area contributed by atoms with Crippen LogP contribution in [0.2, 0.25) is 0 Å². The quantitative estimate of drug-likeness (QED) is 0.596. The molecule has 0 aromatic heterocycles. The SMILES string of the molecule is COc1ccc2c(c1)[C@H](C(=O)O)[C@H](NC(=O)OCC1c3ccccc3-c3ccccc31)CC2. The number of hydrogen-bond acceptors (Lipinski definition) is 4. The van der Waals surface area contributed by atoms with Gasteiger partial charge < -0.3 is 19.9 Å². The summed E-state index contributed by atoms with van der Waals surface area (Å²) in [5.74, 6) is -1.28. The molecule has 168 valence electrons. The van der Waals surface area contributed by atoms with Gasteiger partial charge in [0, 0.05) is 12.0 Å². The Kier molecular flexibility index (Phi) is 5.50. The Hall–Kier alpha value is -3.80. The lowest BCUT2D eigenvalue weighted by atomic mass is 9.79. The third-order valence-electron chi connectivity index (χ3n) is 6.73. The van der Waals surface area contributed by atoms with Crippen LogP contribution >= 0.6 is 0 Å². The van der Waals surface area contributed by atoms with E-state index in [0.717, 1.165) is 27.8 Å². The highest BCUT2D eigenvalue weighted by Crippen LogP contribution is 2.44. The number of fused-ring (bicyclic) bond motifs is 4. The lowest BCUT2D eigenvalue weighted by molar-refractivity contribution is -0.139. The van der Waals surface area contributed by atoms with E-state index >= 15 is 0 Å². The number of ether oxygens (including phenoxy) is 2. The third kappa shape index (κ3) is 3.82. The van der Waals surface area contributed by atoms with E-state index in [4.69, 9.17) is 9.47 Å². The van der Waals surface area contributed by atoms with E-state index in [1.165, 1.54) is 0 Å². The number of carboxylic acids is 1. The maximum Gasteiger partial charge on any atom is 0.407 e.